The summed E-state index contributed by atoms with van der Waals surface area (Å²) in [6.45, 7) is 1.59. The van der Waals surface area contributed by atoms with Crippen molar-refractivity contribution in [3.05, 3.63) is 37.8 Å². The average molecular weight is 399 g/mol. The summed E-state index contributed by atoms with van der Waals surface area (Å²) in [6, 6.07) is 0.0341. The molecule has 1 aliphatic carbocycles. The topological polar surface area (TPSA) is 58.9 Å². The van der Waals surface area contributed by atoms with Gasteiger partial charge in [-0.15, -0.1) is 0 Å². The fraction of sp³-hybridized carbons (Fsp3) is 0.333. The lowest BCUT2D eigenvalue weighted by atomic mass is 10.1. The third-order valence-corrected chi connectivity index (χ3v) is 4.20. The molecule has 0 heterocycles. The van der Waals surface area contributed by atoms with Crippen LogP contribution in [0.4, 0.5) is 8.78 Å². The standard InChI is InChI=1S/C15H12Cl3F2NO3/c1-2-24-15(23)7(5-21-6-3-4-6)14(22)8-9(16)12(19)11(18)13(20)10(8)17/h5-6,22H,2-4H2,1H3. The second-order valence-corrected chi connectivity index (χ2v) is 6.07. The van der Waals surface area contributed by atoms with Gasteiger partial charge >= 0.3 is 5.97 Å². The number of carbonyl (C=O) groups excluding carboxylic acids is 1. The van der Waals surface area contributed by atoms with E-state index in [1.165, 1.54) is 0 Å². The zero-order valence-corrected chi connectivity index (χ0v) is 14.6. The number of hydrogen-bond acceptors (Lipinski definition) is 4. The highest BCUT2D eigenvalue weighted by atomic mass is 35.5. The summed E-state index contributed by atoms with van der Waals surface area (Å²) < 4.78 is 32.6. The molecule has 24 heavy (non-hydrogen) atoms. The predicted molar refractivity (Wildman–Crippen MR) is 89.1 cm³/mol. The highest BCUT2D eigenvalue weighted by molar-refractivity contribution is 6.41. The van der Waals surface area contributed by atoms with E-state index in [-0.39, 0.29) is 12.6 Å². The zero-order valence-electron chi connectivity index (χ0n) is 12.4. The Balaban J connectivity index is 2.64. The van der Waals surface area contributed by atoms with Crippen LogP contribution in [0.2, 0.25) is 15.1 Å². The number of aliphatic hydroxyl groups is 1. The smallest absolute Gasteiger partial charge is 0.343 e. The van der Waals surface area contributed by atoms with Crippen molar-refractivity contribution in [3.63, 3.8) is 0 Å². The third-order valence-electron chi connectivity index (χ3n) is 3.16. The molecule has 1 N–H and O–H groups in total. The van der Waals surface area contributed by atoms with Crippen molar-refractivity contribution >= 4 is 52.7 Å². The van der Waals surface area contributed by atoms with Gasteiger partial charge in [0.2, 0.25) is 0 Å². The lowest BCUT2D eigenvalue weighted by molar-refractivity contribution is -0.137. The molecule has 9 heteroatoms. The number of nitrogens with zero attached hydrogens (tertiary/aromatic N) is 1. The van der Waals surface area contributed by atoms with Crippen LogP contribution in [0, 0.1) is 11.6 Å². The predicted octanol–water partition coefficient (Wildman–Crippen LogP) is 4.99. The maximum absolute atomic E-state index is 13.9. The van der Waals surface area contributed by atoms with Crippen molar-refractivity contribution in [1.29, 1.82) is 0 Å². The van der Waals surface area contributed by atoms with E-state index < -0.39 is 49.6 Å². The average Bonchev–Trinajstić information content (AvgIpc) is 3.36. The minimum absolute atomic E-state index is 0.0255. The monoisotopic (exact) mass is 397 g/mol. The lowest BCUT2D eigenvalue weighted by Crippen LogP contribution is -2.12. The Bertz CT molecular complexity index is 717. The summed E-state index contributed by atoms with van der Waals surface area (Å²) >= 11 is 17.0. The van der Waals surface area contributed by atoms with Crippen molar-refractivity contribution in [2.24, 2.45) is 4.99 Å². The molecule has 0 amide bonds. The SMILES string of the molecule is CCOC(=O)C(C=NC1CC1)=C(O)c1c(Cl)c(F)c(Cl)c(F)c1Cl. The second kappa shape index (κ2) is 7.68. The first-order valence-corrected chi connectivity index (χ1v) is 8.08. The van der Waals surface area contributed by atoms with Gasteiger partial charge in [0.15, 0.2) is 11.6 Å². The van der Waals surface area contributed by atoms with Crippen molar-refractivity contribution in [2.75, 3.05) is 6.61 Å². The van der Waals surface area contributed by atoms with Crippen LogP contribution in [0.3, 0.4) is 0 Å². The third kappa shape index (κ3) is 3.82. The number of halogens is 5. The van der Waals surface area contributed by atoms with Crippen molar-refractivity contribution in [1.82, 2.24) is 0 Å². The van der Waals surface area contributed by atoms with Gasteiger partial charge in [0.05, 0.1) is 28.3 Å². The quantitative estimate of drug-likeness (QED) is 0.190. The number of hydrogen-bond donors (Lipinski definition) is 1. The number of ether oxygens (including phenoxy) is 1. The molecule has 1 aromatic rings. The van der Waals surface area contributed by atoms with Gasteiger partial charge in [0, 0.05) is 6.21 Å². The van der Waals surface area contributed by atoms with Crippen molar-refractivity contribution in [2.45, 2.75) is 25.8 Å². The first-order chi connectivity index (χ1) is 11.3. The van der Waals surface area contributed by atoms with E-state index >= 15 is 0 Å². The summed E-state index contributed by atoms with van der Waals surface area (Å²) in [5, 5.41) is 8.01. The number of benzene rings is 1. The van der Waals surface area contributed by atoms with E-state index in [0.29, 0.717) is 0 Å². The zero-order chi connectivity index (χ0) is 18.0. The fourth-order valence-corrected chi connectivity index (χ4v) is 2.66. The largest absolute Gasteiger partial charge is 0.506 e. The second-order valence-electron chi connectivity index (χ2n) is 4.94. The van der Waals surface area contributed by atoms with Gasteiger partial charge in [-0.3, -0.25) is 4.99 Å². The van der Waals surface area contributed by atoms with E-state index in [4.69, 9.17) is 39.5 Å². The highest BCUT2D eigenvalue weighted by Crippen LogP contribution is 2.39. The molecule has 0 atom stereocenters. The minimum atomic E-state index is -1.30. The lowest BCUT2D eigenvalue weighted by Gasteiger charge is -2.12. The Morgan fingerprint density at radius 2 is 1.79 bits per heavy atom. The summed E-state index contributed by atoms with van der Waals surface area (Å²) in [5.74, 6) is -4.38. The van der Waals surface area contributed by atoms with Gasteiger partial charge in [0.1, 0.15) is 16.4 Å². The normalized spacial score (nSPS) is 15.6. The van der Waals surface area contributed by atoms with Crippen molar-refractivity contribution < 1.29 is 23.4 Å². The molecule has 0 aromatic heterocycles. The van der Waals surface area contributed by atoms with Gasteiger partial charge in [-0.05, 0) is 19.8 Å². The van der Waals surface area contributed by atoms with E-state index in [9.17, 15) is 18.7 Å². The fourth-order valence-electron chi connectivity index (χ4n) is 1.77. The summed E-state index contributed by atoms with van der Waals surface area (Å²) in [4.78, 5) is 16.1. The minimum Gasteiger partial charge on any atom is -0.506 e. The van der Waals surface area contributed by atoms with Crippen LogP contribution in [0.1, 0.15) is 25.3 Å². The Morgan fingerprint density at radius 3 is 2.25 bits per heavy atom. The highest BCUT2D eigenvalue weighted by Gasteiger charge is 2.28. The number of aliphatic hydroxyl groups excluding tert-OH is 1. The van der Waals surface area contributed by atoms with Gasteiger partial charge < -0.3 is 9.84 Å². The van der Waals surface area contributed by atoms with Crippen LogP contribution in [0.5, 0.6) is 0 Å². The van der Waals surface area contributed by atoms with Crippen LogP contribution in [0.15, 0.2) is 10.6 Å². The molecule has 130 valence electrons. The maximum atomic E-state index is 13.9. The molecule has 0 aliphatic heterocycles. The van der Waals surface area contributed by atoms with Crippen LogP contribution in [0.25, 0.3) is 5.76 Å². The summed E-state index contributed by atoms with van der Waals surface area (Å²) in [5.41, 5.74) is -1.00. The van der Waals surface area contributed by atoms with E-state index in [2.05, 4.69) is 4.99 Å². The van der Waals surface area contributed by atoms with E-state index in [1.54, 1.807) is 6.92 Å². The summed E-state index contributed by atoms with van der Waals surface area (Å²) in [7, 11) is 0. The molecule has 1 aliphatic rings. The molecule has 0 saturated heterocycles. The molecule has 1 aromatic carbocycles. The molecule has 0 bridgehead atoms. The van der Waals surface area contributed by atoms with Gasteiger partial charge in [-0.2, -0.15) is 0 Å². The molecule has 0 unspecified atom stereocenters. The van der Waals surface area contributed by atoms with E-state index in [0.717, 1.165) is 19.1 Å². The Morgan fingerprint density at radius 1 is 1.25 bits per heavy atom. The van der Waals surface area contributed by atoms with Crippen LogP contribution >= 0.6 is 34.8 Å². The number of aliphatic imine (C=N–C) groups is 1. The molecule has 1 saturated carbocycles. The first kappa shape index (κ1) is 19.0. The van der Waals surface area contributed by atoms with Crippen LogP contribution < -0.4 is 0 Å². The first-order valence-electron chi connectivity index (χ1n) is 6.94. The Hall–Kier alpha value is -1.37. The number of rotatable bonds is 5. The molecule has 4 nitrogen and oxygen atoms in total. The van der Waals surface area contributed by atoms with Gasteiger partial charge in [0.25, 0.3) is 0 Å². The van der Waals surface area contributed by atoms with Gasteiger partial charge in [-0.25, -0.2) is 13.6 Å². The molecule has 2 rings (SSSR count). The van der Waals surface area contributed by atoms with Crippen molar-refractivity contribution in [3.8, 4) is 0 Å². The van der Waals surface area contributed by atoms with Crippen LogP contribution in [-0.4, -0.2) is 29.9 Å². The Labute approximate surface area is 151 Å². The van der Waals surface area contributed by atoms with E-state index in [1.807, 2.05) is 0 Å². The summed E-state index contributed by atoms with van der Waals surface area (Å²) in [6.07, 6.45) is 2.78. The molecular formula is C15H12Cl3F2NO3. The number of esters is 1. The maximum Gasteiger partial charge on any atom is 0.343 e. The van der Waals surface area contributed by atoms with Crippen LogP contribution in [-0.2, 0) is 9.53 Å². The molecule has 0 radical (unpaired) electrons. The molecular weight excluding hydrogens is 387 g/mol. The molecule has 0 spiro atoms. The number of carbonyl (C=O) groups is 1. The molecule has 1 fully saturated rings. The van der Waals surface area contributed by atoms with Gasteiger partial charge in [-0.1, -0.05) is 34.8 Å². The Kier molecular flexibility index (Phi) is 6.06.